The first kappa shape index (κ1) is 19.2. The molecule has 0 unspecified atom stereocenters. The molecule has 1 N–H and O–H groups in total. The zero-order valence-corrected chi connectivity index (χ0v) is 16.4. The average molecular weight is 405 g/mol. The standard InChI is InChI=1S/C19H25BrN4O/c1-21-19(23(2)15-16-9-3-4-10-17(16)20)22-12-6-8-14-24-13-7-5-11-18(24)25/h3-5,7,9-11,13H,6,8,12,14-15H2,1-2H3,(H,21,22). The SMILES string of the molecule is CN=C(NCCCCn1ccccc1=O)N(C)Cc1ccccc1Br. The van der Waals surface area contributed by atoms with E-state index in [1.807, 2.05) is 37.5 Å². The van der Waals surface area contributed by atoms with Crippen LogP contribution in [0.25, 0.3) is 0 Å². The molecule has 6 heteroatoms. The summed E-state index contributed by atoms with van der Waals surface area (Å²) in [4.78, 5) is 18.1. The van der Waals surface area contributed by atoms with Gasteiger partial charge >= 0.3 is 0 Å². The normalized spacial score (nSPS) is 11.4. The van der Waals surface area contributed by atoms with Gasteiger partial charge in [-0.25, -0.2) is 0 Å². The number of nitrogens with zero attached hydrogens (tertiary/aromatic N) is 3. The van der Waals surface area contributed by atoms with Gasteiger partial charge in [0.05, 0.1) is 0 Å². The lowest BCUT2D eigenvalue weighted by Gasteiger charge is -2.22. The van der Waals surface area contributed by atoms with Crippen LogP contribution in [-0.2, 0) is 13.1 Å². The van der Waals surface area contributed by atoms with E-state index in [1.54, 1.807) is 23.7 Å². The number of guanidine groups is 1. The van der Waals surface area contributed by atoms with Crippen molar-refractivity contribution < 1.29 is 0 Å². The van der Waals surface area contributed by atoms with E-state index in [-0.39, 0.29) is 5.56 Å². The minimum atomic E-state index is 0.0550. The molecule has 0 fully saturated rings. The van der Waals surface area contributed by atoms with Gasteiger partial charge in [-0.2, -0.15) is 0 Å². The van der Waals surface area contributed by atoms with E-state index in [9.17, 15) is 4.79 Å². The second kappa shape index (κ2) is 10.0. The monoisotopic (exact) mass is 404 g/mol. The first-order valence-electron chi connectivity index (χ1n) is 8.42. The Balaban J connectivity index is 1.75. The smallest absolute Gasteiger partial charge is 0.250 e. The highest BCUT2D eigenvalue weighted by Crippen LogP contribution is 2.17. The molecule has 134 valence electrons. The van der Waals surface area contributed by atoms with Crippen LogP contribution in [0.15, 0.2) is 62.9 Å². The van der Waals surface area contributed by atoms with Crippen LogP contribution in [0.2, 0.25) is 0 Å². The molecule has 0 saturated carbocycles. The van der Waals surface area contributed by atoms with Gasteiger partial charge in [0.2, 0.25) is 5.56 Å². The predicted molar refractivity (Wildman–Crippen MR) is 107 cm³/mol. The van der Waals surface area contributed by atoms with Crippen LogP contribution in [-0.4, -0.2) is 36.1 Å². The fraction of sp³-hybridized carbons (Fsp3) is 0.368. The molecule has 0 amide bonds. The van der Waals surface area contributed by atoms with Gasteiger partial charge in [-0.3, -0.25) is 9.79 Å². The Morgan fingerprint density at radius 3 is 2.68 bits per heavy atom. The Bertz CT molecular complexity index is 757. The Morgan fingerprint density at radius 2 is 1.96 bits per heavy atom. The minimum absolute atomic E-state index is 0.0550. The average Bonchev–Trinajstić information content (AvgIpc) is 2.61. The quantitative estimate of drug-likeness (QED) is 0.438. The molecule has 1 aromatic heterocycles. The lowest BCUT2D eigenvalue weighted by molar-refractivity contribution is 0.472. The maximum atomic E-state index is 11.6. The first-order chi connectivity index (χ1) is 12.1. The van der Waals surface area contributed by atoms with Crippen LogP contribution in [0, 0.1) is 0 Å². The molecule has 5 nitrogen and oxygen atoms in total. The first-order valence-corrected chi connectivity index (χ1v) is 9.22. The lowest BCUT2D eigenvalue weighted by Crippen LogP contribution is -2.39. The molecule has 0 atom stereocenters. The maximum absolute atomic E-state index is 11.6. The summed E-state index contributed by atoms with van der Waals surface area (Å²) < 4.78 is 2.85. The summed E-state index contributed by atoms with van der Waals surface area (Å²) in [5.41, 5.74) is 1.27. The number of aromatic nitrogens is 1. The second-order valence-corrected chi connectivity index (χ2v) is 6.72. The Labute approximate surface area is 157 Å². The molecule has 0 bridgehead atoms. The molecule has 0 radical (unpaired) electrons. The fourth-order valence-electron chi connectivity index (χ4n) is 2.59. The molecule has 0 spiro atoms. The van der Waals surface area contributed by atoms with Crippen molar-refractivity contribution in [2.75, 3.05) is 20.6 Å². The van der Waals surface area contributed by atoms with E-state index in [1.165, 1.54) is 5.56 Å². The van der Waals surface area contributed by atoms with E-state index in [2.05, 4.69) is 37.2 Å². The zero-order valence-electron chi connectivity index (χ0n) is 14.8. The molecule has 0 saturated heterocycles. The number of benzene rings is 1. The van der Waals surface area contributed by atoms with Crippen molar-refractivity contribution in [3.8, 4) is 0 Å². The number of aliphatic imine (C=N–C) groups is 1. The van der Waals surface area contributed by atoms with Gasteiger partial charge < -0.3 is 14.8 Å². The van der Waals surface area contributed by atoms with Gasteiger partial charge in [-0.05, 0) is 30.5 Å². The summed E-state index contributed by atoms with van der Waals surface area (Å²) in [7, 11) is 3.82. The molecule has 1 heterocycles. The number of halogens is 1. The highest BCUT2D eigenvalue weighted by Gasteiger charge is 2.08. The molecule has 2 rings (SSSR count). The number of hydrogen-bond acceptors (Lipinski definition) is 2. The van der Waals surface area contributed by atoms with Gasteiger partial charge in [0, 0.05) is 50.5 Å². The molecule has 2 aromatic rings. The van der Waals surface area contributed by atoms with Gasteiger partial charge in [0.15, 0.2) is 5.96 Å². The number of pyridine rings is 1. The van der Waals surface area contributed by atoms with Crippen molar-refractivity contribution in [3.05, 3.63) is 69.1 Å². The largest absolute Gasteiger partial charge is 0.356 e. The Morgan fingerprint density at radius 1 is 1.20 bits per heavy atom. The van der Waals surface area contributed by atoms with E-state index in [0.717, 1.165) is 42.9 Å². The van der Waals surface area contributed by atoms with Crippen LogP contribution in [0.1, 0.15) is 18.4 Å². The third kappa shape index (κ3) is 6.05. The summed E-state index contributed by atoms with van der Waals surface area (Å²) >= 11 is 3.58. The second-order valence-electron chi connectivity index (χ2n) is 5.86. The fourth-order valence-corrected chi connectivity index (χ4v) is 3.00. The highest BCUT2D eigenvalue weighted by molar-refractivity contribution is 9.10. The molecule has 25 heavy (non-hydrogen) atoms. The van der Waals surface area contributed by atoms with Crippen molar-refractivity contribution >= 4 is 21.9 Å². The van der Waals surface area contributed by atoms with Gasteiger partial charge in [0.25, 0.3) is 0 Å². The molecular weight excluding hydrogens is 380 g/mol. The van der Waals surface area contributed by atoms with Crippen molar-refractivity contribution in [1.82, 2.24) is 14.8 Å². The number of unbranched alkanes of at least 4 members (excludes halogenated alkanes) is 1. The van der Waals surface area contributed by atoms with Crippen molar-refractivity contribution in [2.45, 2.75) is 25.9 Å². The van der Waals surface area contributed by atoms with Gasteiger partial charge in [-0.1, -0.05) is 40.2 Å². The van der Waals surface area contributed by atoms with Crippen molar-refractivity contribution in [2.24, 2.45) is 4.99 Å². The Hall–Kier alpha value is -2.08. The van der Waals surface area contributed by atoms with E-state index in [0.29, 0.717) is 0 Å². The lowest BCUT2D eigenvalue weighted by atomic mass is 10.2. The third-order valence-corrected chi connectivity index (χ3v) is 4.72. The number of aryl methyl sites for hydroxylation is 1. The summed E-state index contributed by atoms with van der Waals surface area (Å²) in [6.45, 7) is 2.35. The highest BCUT2D eigenvalue weighted by atomic mass is 79.9. The summed E-state index contributed by atoms with van der Waals surface area (Å²) in [5.74, 6) is 0.868. The van der Waals surface area contributed by atoms with Crippen LogP contribution < -0.4 is 10.9 Å². The number of rotatable bonds is 7. The van der Waals surface area contributed by atoms with E-state index >= 15 is 0 Å². The van der Waals surface area contributed by atoms with Gasteiger partial charge in [-0.15, -0.1) is 0 Å². The number of nitrogens with one attached hydrogen (secondary N) is 1. The van der Waals surface area contributed by atoms with Crippen LogP contribution in [0.5, 0.6) is 0 Å². The molecule has 0 aliphatic heterocycles. The predicted octanol–water partition coefficient (Wildman–Crippen LogP) is 3.10. The topological polar surface area (TPSA) is 49.6 Å². The van der Waals surface area contributed by atoms with Crippen LogP contribution >= 0.6 is 15.9 Å². The van der Waals surface area contributed by atoms with Crippen LogP contribution in [0.3, 0.4) is 0 Å². The zero-order chi connectivity index (χ0) is 18.1. The molecular formula is C19H25BrN4O. The van der Waals surface area contributed by atoms with Crippen LogP contribution in [0.4, 0.5) is 0 Å². The third-order valence-electron chi connectivity index (χ3n) is 3.95. The van der Waals surface area contributed by atoms with E-state index in [4.69, 9.17) is 0 Å². The molecule has 1 aromatic carbocycles. The van der Waals surface area contributed by atoms with Crippen molar-refractivity contribution in [1.29, 1.82) is 0 Å². The minimum Gasteiger partial charge on any atom is -0.356 e. The van der Waals surface area contributed by atoms with E-state index < -0.39 is 0 Å². The molecule has 0 aliphatic rings. The summed E-state index contributed by atoms with van der Waals surface area (Å²) in [5, 5.41) is 3.38. The summed E-state index contributed by atoms with van der Waals surface area (Å²) in [6, 6.07) is 13.4. The van der Waals surface area contributed by atoms with Crippen molar-refractivity contribution in [3.63, 3.8) is 0 Å². The molecule has 0 aliphatic carbocycles. The number of hydrogen-bond donors (Lipinski definition) is 1. The maximum Gasteiger partial charge on any atom is 0.250 e. The Kier molecular flexibility index (Phi) is 7.73. The summed E-state index contributed by atoms with van der Waals surface area (Å²) in [6.07, 6.45) is 3.76. The van der Waals surface area contributed by atoms with Gasteiger partial charge in [0.1, 0.15) is 0 Å².